The summed E-state index contributed by atoms with van der Waals surface area (Å²) in [6.07, 6.45) is 6.67. The molecule has 0 aliphatic carbocycles. The number of ether oxygens (including phenoxy) is 1. The van der Waals surface area contributed by atoms with Gasteiger partial charge in [0, 0.05) is 54.9 Å². The predicted octanol–water partition coefficient (Wildman–Crippen LogP) is 5.55. The molecule has 0 atom stereocenters. The second-order valence-corrected chi connectivity index (χ2v) is 9.36. The molecule has 0 N–H and O–H groups in total. The quantitative estimate of drug-likeness (QED) is 0.251. The summed E-state index contributed by atoms with van der Waals surface area (Å²) in [5.74, 6) is -0.583. The van der Waals surface area contributed by atoms with Crippen molar-refractivity contribution in [3.8, 4) is 28.3 Å². The van der Waals surface area contributed by atoms with Crippen molar-refractivity contribution in [1.82, 2.24) is 24.0 Å². The van der Waals surface area contributed by atoms with E-state index in [9.17, 15) is 9.59 Å². The van der Waals surface area contributed by atoms with Crippen LogP contribution in [0.25, 0.3) is 22.3 Å². The highest BCUT2D eigenvalue weighted by molar-refractivity contribution is 5.98. The van der Waals surface area contributed by atoms with E-state index in [4.69, 9.17) is 4.74 Å². The monoisotopic (exact) mass is 533 g/mol. The van der Waals surface area contributed by atoms with Gasteiger partial charge >= 0.3 is 0 Å². The Morgan fingerprint density at radius 2 is 1.80 bits per heavy atom. The first-order valence-electron chi connectivity index (χ1n) is 12.6. The van der Waals surface area contributed by atoms with Gasteiger partial charge in [-0.05, 0) is 48.9 Å². The summed E-state index contributed by atoms with van der Waals surface area (Å²) in [6.45, 7) is 1.72. The molecular weight excluding hydrogens is 509 g/mol. The second-order valence-electron chi connectivity index (χ2n) is 9.36. The summed E-state index contributed by atoms with van der Waals surface area (Å²) in [7, 11) is 1.73. The van der Waals surface area contributed by atoms with Crippen molar-refractivity contribution >= 4 is 11.3 Å². The van der Waals surface area contributed by atoms with E-state index < -0.39 is 11.4 Å². The van der Waals surface area contributed by atoms with Crippen LogP contribution in [-0.2, 0) is 13.5 Å². The number of hydrogen-bond donors (Lipinski definition) is 0. The van der Waals surface area contributed by atoms with E-state index >= 15 is 4.39 Å². The number of fused-ring (bicyclic) bond motifs is 1. The zero-order valence-corrected chi connectivity index (χ0v) is 21.8. The second kappa shape index (κ2) is 10.1. The molecule has 6 aromatic rings. The third-order valence-corrected chi connectivity index (χ3v) is 6.90. The van der Waals surface area contributed by atoms with Gasteiger partial charge in [-0.1, -0.05) is 30.3 Å². The van der Waals surface area contributed by atoms with Gasteiger partial charge in [-0.25, -0.2) is 13.6 Å². The standard InChI is InChI=1S/C31H24FN5O3/c1-20-29(31(39)37(35(20)2)23-8-4-3-5-9-23)26(38)18-21-10-11-27(25(32)17-21)40-28-12-15-34-36-16-13-24(30(28)36)22-7-6-14-33-19-22/h3-17,19H,18H2,1-2H3. The molecule has 0 spiro atoms. The third-order valence-electron chi connectivity index (χ3n) is 6.90. The van der Waals surface area contributed by atoms with Crippen molar-refractivity contribution in [2.75, 3.05) is 0 Å². The van der Waals surface area contributed by atoms with Crippen LogP contribution in [0.2, 0.25) is 0 Å². The largest absolute Gasteiger partial charge is 0.452 e. The Bertz CT molecular complexity index is 1920. The average molecular weight is 534 g/mol. The lowest BCUT2D eigenvalue weighted by Gasteiger charge is -2.11. The van der Waals surface area contributed by atoms with Crippen LogP contribution in [0.5, 0.6) is 11.5 Å². The highest BCUT2D eigenvalue weighted by Crippen LogP contribution is 2.34. The van der Waals surface area contributed by atoms with Crippen LogP contribution in [0.1, 0.15) is 21.6 Å². The van der Waals surface area contributed by atoms with Crippen molar-refractivity contribution in [2.24, 2.45) is 7.05 Å². The molecule has 9 heteroatoms. The van der Waals surface area contributed by atoms with Gasteiger partial charge in [0.15, 0.2) is 23.1 Å². The first kappa shape index (κ1) is 25.0. The minimum Gasteiger partial charge on any atom is -0.452 e. The lowest BCUT2D eigenvalue weighted by atomic mass is 10.0. The molecule has 0 saturated heterocycles. The van der Waals surface area contributed by atoms with Crippen LogP contribution in [0.15, 0.2) is 102 Å². The zero-order chi connectivity index (χ0) is 27.8. The van der Waals surface area contributed by atoms with Gasteiger partial charge in [0.2, 0.25) is 0 Å². The summed E-state index contributed by atoms with van der Waals surface area (Å²) in [5.41, 5.74) is 3.70. The van der Waals surface area contributed by atoms with Crippen molar-refractivity contribution in [3.05, 3.63) is 131 Å². The normalized spacial score (nSPS) is 11.2. The fourth-order valence-electron chi connectivity index (χ4n) is 4.87. The molecule has 0 fully saturated rings. The Morgan fingerprint density at radius 1 is 0.975 bits per heavy atom. The maximum atomic E-state index is 15.2. The molecule has 4 heterocycles. The minimum absolute atomic E-state index is 0.00459. The number of carbonyl (C=O) groups excluding carboxylic acids is 1. The van der Waals surface area contributed by atoms with E-state index in [0.717, 1.165) is 11.1 Å². The van der Waals surface area contributed by atoms with Gasteiger partial charge in [-0.2, -0.15) is 5.10 Å². The SMILES string of the molecule is Cc1c(C(=O)Cc2ccc(Oc3ccnn4ccc(-c5cccnc5)c34)c(F)c2)c(=O)n(-c2ccccc2)n1C. The van der Waals surface area contributed by atoms with Crippen LogP contribution in [0, 0.1) is 12.7 Å². The van der Waals surface area contributed by atoms with Crippen molar-refractivity contribution in [3.63, 3.8) is 0 Å². The molecule has 8 nitrogen and oxygen atoms in total. The molecule has 4 aromatic heterocycles. The Hall–Kier alpha value is -5.31. The number of halogens is 1. The third kappa shape index (κ3) is 4.37. The van der Waals surface area contributed by atoms with Gasteiger partial charge in [0.05, 0.1) is 11.9 Å². The first-order valence-corrected chi connectivity index (χ1v) is 12.6. The number of aromatic nitrogens is 5. The lowest BCUT2D eigenvalue weighted by Crippen LogP contribution is -2.23. The highest BCUT2D eigenvalue weighted by atomic mass is 19.1. The summed E-state index contributed by atoms with van der Waals surface area (Å²) < 4.78 is 26.0. The van der Waals surface area contributed by atoms with E-state index in [0.29, 0.717) is 28.2 Å². The number of nitrogens with zero attached hydrogens (tertiary/aromatic N) is 5. The summed E-state index contributed by atoms with van der Waals surface area (Å²) >= 11 is 0. The minimum atomic E-state index is -0.624. The Labute approximate surface area is 228 Å². The van der Waals surface area contributed by atoms with Crippen molar-refractivity contribution < 1.29 is 13.9 Å². The zero-order valence-electron chi connectivity index (χ0n) is 21.8. The molecule has 40 heavy (non-hydrogen) atoms. The Balaban J connectivity index is 1.27. The van der Waals surface area contributed by atoms with E-state index in [1.165, 1.54) is 16.8 Å². The summed E-state index contributed by atoms with van der Waals surface area (Å²) in [6, 6.07) is 20.8. The average Bonchev–Trinajstić information content (AvgIpc) is 3.50. The van der Waals surface area contributed by atoms with Crippen molar-refractivity contribution in [1.29, 1.82) is 0 Å². The molecule has 2 aromatic carbocycles. The number of ketones is 1. The number of rotatable bonds is 7. The molecule has 0 bridgehead atoms. The van der Waals surface area contributed by atoms with Gasteiger partial charge in [-0.3, -0.25) is 19.3 Å². The molecule has 198 valence electrons. The number of pyridine rings is 1. The van der Waals surface area contributed by atoms with E-state index in [1.54, 1.807) is 72.2 Å². The van der Waals surface area contributed by atoms with Gasteiger partial charge in [0.1, 0.15) is 11.1 Å². The molecule has 0 aliphatic heterocycles. The van der Waals surface area contributed by atoms with Crippen molar-refractivity contribution in [2.45, 2.75) is 13.3 Å². The predicted molar refractivity (Wildman–Crippen MR) is 149 cm³/mol. The molecule has 0 amide bonds. The number of benzene rings is 2. The first-order chi connectivity index (χ1) is 19.4. The highest BCUT2D eigenvalue weighted by Gasteiger charge is 2.23. The van der Waals surface area contributed by atoms with Crippen LogP contribution < -0.4 is 10.3 Å². The van der Waals surface area contributed by atoms with Gasteiger partial charge in [0.25, 0.3) is 5.56 Å². The maximum absolute atomic E-state index is 15.2. The smallest absolute Gasteiger partial charge is 0.282 e. The van der Waals surface area contributed by atoms with Gasteiger partial charge < -0.3 is 4.74 Å². The Morgan fingerprint density at radius 3 is 2.55 bits per heavy atom. The Kier molecular flexibility index (Phi) is 6.31. The van der Waals surface area contributed by atoms with Gasteiger partial charge in [-0.15, -0.1) is 0 Å². The number of Topliss-reactive ketones (excluding diaryl/α,β-unsaturated/α-hetero) is 1. The number of para-hydroxylation sites is 1. The molecule has 0 aliphatic rings. The van der Waals surface area contributed by atoms with Crippen LogP contribution >= 0.6 is 0 Å². The van der Waals surface area contributed by atoms with Crippen LogP contribution in [0.3, 0.4) is 0 Å². The molecule has 6 rings (SSSR count). The molecular formula is C31H24FN5O3. The fourth-order valence-corrected chi connectivity index (χ4v) is 4.87. The van der Waals surface area contributed by atoms with E-state index in [2.05, 4.69) is 10.1 Å². The summed E-state index contributed by atoms with van der Waals surface area (Å²) in [4.78, 5) is 30.6. The van der Waals surface area contributed by atoms with Crippen LogP contribution in [0.4, 0.5) is 4.39 Å². The van der Waals surface area contributed by atoms with E-state index in [-0.39, 0.29) is 23.5 Å². The molecule has 0 unspecified atom stereocenters. The number of hydrogen-bond acceptors (Lipinski definition) is 5. The maximum Gasteiger partial charge on any atom is 0.282 e. The lowest BCUT2D eigenvalue weighted by molar-refractivity contribution is 0.0991. The summed E-state index contributed by atoms with van der Waals surface area (Å²) in [5, 5.41) is 4.33. The number of carbonyl (C=O) groups is 1. The topological polar surface area (TPSA) is 83.4 Å². The molecule has 0 saturated carbocycles. The fraction of sp³-hybridized carbons (Fsp3) is 0.0968. The van der Waals surface area contributed by atoms with E-state index in [1.807, 2.05) is 36.4 Å². The molecule has 0 radical (unpaired) electrons. The van der Waals surface area contributed by atoms with Crippen LogP contribution in [-0.4, -0.2) is 29.7 Å².